The van der Waals surface area contributed by atoms with Crippen molar-refractivity contribution < 1.29 is 9.59 Å². The van der Waals surface area contributed by atoms with Gasteiger partial charge in [0, 0.05) is 11.3 Å². The van der Waals surface area contributed by atoms with E-state index in [1.165, 1.54) is 11.3 Å². The molecule has 0 saturated heterocycles. The molecular weight excluding hydrogens is 358 g/mol. The Morgan fingerprint density at radius 2 is 1.70 bits per heavy atom. The average molecular weight is 375 g/mol. The number of thiophene rings is 1. The van der Waals surface area contributed by atoms with Gasteiger partial charge < -0.3 is 10.6 Å². The summed E-state index contributed by atoms with van der Waals surface area (Å²) in [5.74, 6) is -0.375. The van der Waals surface area contributed by atoms with Crippen LogP contribution in [-0.2, 0) is 0 Å². The van der Waals surface area contributed by atoms with Crippen molar-refractivity contribution in [2.24, 2.45) is 0 Å². The fourth-order valence-corrected chi connectivity index (χ4v) is 3.13. The minimum Gasteiger partial charge on any atom is -0.346 e. The number of amides is 2. The van der Waals surface area contributed by atoms with E-state index in [-0.39, 0.29) is 17.9 Å². The smallest absolute Gasteiger partial charge is 0.265 e. The van der Waals surface area contributed by atoms with Crippen molar-refractivity contribution in [3.8, 4) is 6.07 Å². The molecule has 0 radical (unpaired) electrons. The van der Waals surface area contributed by atoms with Crippen molar-refractivity contribution in [1.29, 1.82) is 5.26 Å². The molecule has 0 saturated carbocycles. The molecule has 1 atom stereocenters. The number of hydrogen-bond donors (Lipinski definition) is 2. The third-order valence-corrected chi connectivity index (χ3v) is 4.91. The molecule has 3 aromatic rings. The van der Waals surface area contributed by atoms with E-state index in [1.807, 2.05) is 30.5 Å². The molecule has 1 aromatic heterocycles. The zero-order chi connectivity index (χ0) is 19.2. The number of nitrogens with zero attached hydrogens (tertiary/aromatic N) is 1. The largest absolute Gasteiger partial charge is 0.346 e. The highest BCUT2D eigenvalue weighted by atomic mass is 32.1. The van der Waals surface area contributed by atoms with Crippen LogP contribution in [-0.4, -0.2) is 11.8 Å². The van der Waals surface area contributed by atoms with Gasteiger partial charge in [-0.2, -0.15) is 5.26 Å². The molecule has 0 aliphatic carbocycles. The first-order valence-corrected chi connectivity index (χ1v) is 9.20. The Morgan fingerprint density at radius 1 is 1.00 bits per heavy atom. The van der Waals surface area contributed by atoms with Gasteiger partial charge in [0.1, 0.15) is 0 Å². The molecule has 2 N–H and O–H groups in total. The van der Waals surface area contributed by atoms with Gasteiger partial charge in [-0.25, -0.2) is 0 Å². The van der Waals surface area contributed by atoms with Crippen LogP contribution in [0.3, 0.4) is 0 Å². The van der Waals surface area contributed by atoms with Crippen LogP contribution in [0.25, 0.3) is 0 Å². The van der Waals surface area contributed by atoms with E-state index < -0.39 is 0 Å². The average Bonchev–Trinajstić information content (AvgIpc) is 3.23. The Balaban J connectivity index is 1.61. The first kappa shape index (κ1) is 18.4. The standard InChI is InChI=1S/C21H17N3O2S/c1-14(16-6-4-15(13-22)5-7-16)23-20(25)17-8-10-18(11-9-17)24-21(26)19-3-2-12-27-19/h2-12,14H,1H3,(H,23,25)(H,24,26). The van der Waals surface area contributed by atoms with Gasteiger partial charge in [0.2, 0.25) is 0 Å². The molecule has 6 heteroatoms. The van der Waals surface area contributed by atoms with Crippen LogP contribution in [0.4, 0.5) is 5.69 Å². The lowest BCUT2D eigenvalue weighted by atomic mass is 10.1. The molecule has 0 aliphatic rings. The van der Waals surface area contributed by atoms with E-state index in [0.717, 1.165) is 5.56 Å². The van der Waals surface area contributed by atoms with Crippen molar-refractivity contribution >= 4 is 28.8 Å². The Bertz CT molecular complexity index is 972. The first-order chi connectivity index (χ1) is 13.1. The molecule has 0 aliphatic heterocycles. The van der Waals surface area contributed by atoms with E-state index >= 15 is 0 Å². The van der Waals surface area contributed by atoms with E-state index in [2.05, 4.69) is 16.7 Å². The maximum absolute atomic E-state index is 12.4. The Kier molecular flexibility index (Phi) is 5.64. The monoisotopic (exact) mass is 375 g/mol. The van der Waals surface area contributed by atoms with Gasteiger partial charge in [-0.05, 0) is 60.3 Å². The zero-order valence-electron chi connectivity index (χ0n) is 14.6. The molecule has 5 nitrogen and oxygen atoms in total. The summed E-state index contributed by atoms with van der Waals surface area (Å²) in [6.45, 7) is 1.88. The lowest BCUT2D eigenvalue weighted by molar-refractivity contribution is 0.0939. The van der Waals surface area contributed by atoms with Gasteiger partial charge in [0.25, 0.3) is 11.8 Å². The quantitative estimate of drug-likeness (QED) is 0.695. The predicted octanol–water partition coefficient (Wildman–Crippen LogP) is 4.36. The molecule has 27 heavy (non-hydrogen) atoms. The summed E-state index contributed by atoms with van der Waals surface area (Å²) in [5.41, 5.74) is 2.63. The highest BCUT2D eigenvalue weighted by Crippen LogP contribution is 2.16. The zero-order valence-corrected chi connectivity index (χ0v) is 15.4. The molecule has 2 amide bonds. The van der Waals surface area contributed by atoms with Crippen LogP contribution < -0.4 is 10.6 Å². The first-order valence-electron chi connectivity index (χ1n) is 8.32. The van der Waals surface area contributed by atoms with Crippen LogP contribution in [0, 0.1) is 11.3 Å². The van der Waals surface area contributed by atoms with Crippen LogP contribution >= 0.6 is 11.3 Å². The summed E-state index contributed by atoms with van der Waals surface area (Å²) in [6.07, 6.45) is 0. The summed E-state index contributed by atoms with van der Waals surface area (Å²) >= 11 is 1.37. The lowest BCUT2D eigenvalue weighted by Crippen LogP contribution is -2.26. The maximum Gasteiger partial charge on any atom is 0.265 e. The second-order valence-electron chi connectivity index (χ2n) is 5.94. The van der Waals surface area contributed by atoms with Gasteiger partial charge in [0.05, 0.1) is 22.6 Å². The van der Waals surface area contributed by atoms with E-state index in [0.29, 0.717) is 21.7 Å². The number of hydrogen-bond acceptors (Lipinski definition) is 4. The van der Waals surface area contributed by atoms with Gasteiger partial charge in [-0.15, -0.1) is 11.3 Å². The third kappa shape index (κ3) is 4.60. The molecule has 3 rings (SSSR count). The molecule has 0 fully saturated rings. The van der Waals surface area contributed by atoms with Crippen molar-refractivity contribution in [3.63, 3.8) is 0 Å². The Morgan fingerprint density at radius 3 is 2.30 bits per heavy atom. The Hall–Kier alpha value is -3.43. The second-order valence-corrected chi connectivity index (χ2v) is 6.89. The molecule has 2 aromatic carbocycles. The van der Waals surface area contributed by atoms with Crippen LogP contribution in [0.2, 0.25) is 0 Å². The van der Waals surface area contributed by atoms with Crippen molar-refractivity contribution in [1.82, 2.24) is 5.32 Å². The third-order valence-electron chi connectivity index (χ3n) is 4.04. The van der Waals surface area contributed by atoms with Gasteiger partial charge in [-0.1, -0.05) is 18.2 Å². The number of anilines is 1. The summed E-state index contributed by atoms with van der Waals surface area (Å²) in [7, 11) is 0. The number of rotatable bonds is 5. The van der Waals surface area contributed by atoms with Crippen molar-refractivity contribution in [2.75, 3.05) is 5.32 Å². The van der Waals surface area contributed by atoms with Crippen molar-refractivity contribution in [3.05, 3.63) is 87.6 Å². The van der Waals surface area contributed by atoms with Crippen LogP contribution in [0.5, 0.6) is 0 Å². The molecular formula is C21H17N3O2S. The minimum absolute atomic E-state index is 0.170. The summed E-state index contributed by atoms with van der Waals surface area (Å²) in [5, 5.41) is 16.4. The van der Waals surface area contributed by atoms with Gasteiger partial charge in [-0.3, -0.25) is 9.59 Å². The fraction of sp³-hybridized carbons (Fsp3) is 0.0952. The number of carbonyl (C=O) groups is 2. The number of benzene rings is 2. The number of nitrogens with one attached hydrogen (secondary N) is 2. The normalized spacial score (nSPS) is 11.3. The van der Waals surface area contributed by atoms with Gasteiger partial charge >= 0.3 is 0 Å². The van der Waals surface area contributed by atoms with Crippen LogP contribution in [0.1, 0.15) is 44.1 Å². The molecule has 0 bridgehead atoms. The number of nitriles is 1. The van der Waals surface area contributed by atoms with Gasteiger partial charge in [0.15, 0.2) is 0 Å². The maximum atomic E-state index is 12.4. The lowest BCUT2D eigenvalue weighted by Gasteiger charge is -2.14. The topological polar surface area (TPSA) is 82.0 Å². The summed E-state index contributed by atoms with van der Waals surface area (Å²) in [6, 6.07) is 19.3. The van der Waals surface area contributed by atoms with E-state index in [9.17, 15) is 9.59 Å². The highest BCUT2D eigenvalue weighted by molar-refractivity contribution is 7.12. The van der Waals surface area contributed by atoms with E-state index in [4.69, 9.17) is 5.26 Å². The molecule has 1 heterocycles. The molecule has 134 valence electrons. The van der Waals surface area contributed by atoms with Crippen LogP contribution in [0.15, 0.2) is 66.0 Å². The Labute approximate surface area is 161 Å². The predicted molar refractivity (Wildman–Crippen MR) is 106 cm³/mol. The highest BCUT2D eigenvalue weighted by Gasteiger charge is 2.12. The van der Waals surface area contributed by atoms with Crippen molar-refractivity contribution in [2.45, 2.75) is 13.0 Å². The van der Waals surface area contributed by atoms with E-state index in [1.54, 1.807) is 42.5 Å². The fourth-order valence-electron chi connectivity index (χ4n) is 2.52. The number of carbonyl (C=O) groups excluding carboxylic acids is 2. The SMILES string of the molecule is CC(NC(=O)c1ccc(NC(=O)c2cccs2)cc1)c1ccc(C#N)cc1. The summed E-state index contributed by atoms with van der Waals surface area (Å²) in [4.78, 5) is 25.1. The molecule has 0 spiro atoms. The molecule has 1 unspecified atom stereocenters. The minimum atomic E-state index is -0.206. The summed E-state index contributed by atoms with van der Waals surface area (Å²) < 4.78 is 0. The second kappa shape index (κ2) is 8.30.